The fourth-order valence-electron chi connectivity index (χ4n) is 12.5. The molecule has 0 amide bonds. The standard InChI is InChI=1S/C70H58N2O/c1-46-54-40-37-53(72(49-23-11-8-12-24-49)51-38-41-59-57-27-14-18-30-62(57)69(5,6)64(59)43-51)44-65(54)70(73-67-32-20-16-25-55(46)67)63-31-19-15-28-58(63)60-42-39-52(45-66(60)70)71(48-21-9-7-10-22-48)50-35-33-47(34-36-50)56-26-13-17-29-61(56)68(2,3)4/h7-17,19-29,31-45H,1,18,30H2,2-6H3. The number of allylic oxidation sites excluding steroid dienone is 4. The number of anilines is 6. The van der Waals surface area contributed by atoms with Gasteiger partial charge in [0, 0.05) is 61.8 Å². The van der Waals surface area contributed by atoms with Crippen LogP contribution in [0.2, 0.25) is 0 Å². The highest BCUT2D eigenvalue weighted by molar-refractivity contribution is 5.94. The highest BCUT2D eigenvalue weighted by Gasteiger charge is 2.51. The van der Waals surface area contributed by atoms with Crippen molar-refractivity contribution in [1.82, 2.24) is 0 Å². The molecule has 9 aromatic rings. The van der Waals surface area contributed by atoms with Crippen molar-refractivity contribution in [3.63, 3.8) is 0 Å². The molecule has 1 spiro atoms. The molecule has 0 aromatic heterocycles. The Hall–Kier alpha value is -8.40. The molecule has 0 saturated heterocycles. The fourth-order valence-corrected chi connectivity index (χ4v) is 12.5. The highest BCUT2D eigenvalue weighted by atomic mass is 16.5. The normalized spacial score (nSPS) is 16.6. The zero-order valence-electron chi connectivity index (χ0n) is 42.3. The van der Waals surface area contributed by atoms with Crippen molar-refractivity contribution in [2.45, 2.75) is 63.9 Å². The summed E-state index contributed by atoms with van der Waals surface area (Å²) in [5.74, 6) is 0.802. The maximum Gasteiger partial charge on any atom is 0.186 e. The second-order valence-electron chi connectivity index (χ2n) is 21.6. The third kappa shape index (κ3) is 7.01. The Kier molecular flexibility index (Phi) is 10.3. The number of hydrogen-bond acceptors (Lipinski definition) is 3. The zero-order chi connectivity index (χ0) is 49.6. The van der Waals surface area contributed by atoms with E-state index in [1.165, 1.54) is 33.4 Å². The zero-order valence-corrected chi connectivity index (χ0v) is 42.3. The molecule has 73 heavy (non-hydrogen) atoms. The van der Waals surface area contributed by atoms with E-state index >= 15 is 0 Å². The number of fused-ring (bicyclic) bond motifs is 10. The van der Waals surface area contributed by atoms with Gasteiger partial charge in [0.05, 0.1) is 0 Å². The van der Waals surface area contributed by atoms with Crippen molar-refractivity contribution in [2.75, 3.05) is 9.80 Å². The molecule has 1 heterocycles. The lowest BCUT2D eigenvalue weighted by atomic mass is 9.78. The summed E-state index contributed by atoms with van der Waals surface area (Å²) in [6, 6.07) is 77.8. The molecule has 3 nitrogen and oxygen atoms in total. The fraction of sp³-hybridized carbons (Fsp3) is 0.143. The van der Waals surface area contributed by atoms with Crippen LogP contribution in [0.4, 0.5) is 34.1 Å². The Labute approximate surface area is 430 Å². The van der Waals surface area contributed by atoms with Gasteiger partial charge in [0.2, 0.25) is 0 Å². The molecule has 13 rings (SSSR count). The number of nitrogens with zero attached hydrogens (tertiary/aromatic N) is 2. The Balaban J connectivity index is 1.02. The molecule has 3 aliphatic carbocycles. The average Bonchev–Trinajstić information content (AvgIpc) is 3.79. The van der Waals surface area contributed by atoms with Gasteiger partial charge in [0.25, 0.3) is 0 Å². The number of ether oxygens (including phenoxy) is 1. The summed E-state index contributed by atoms with van der Waals surface area (Å²) in [5.41, 5.74) is 23.2. The van der Waals surface area contributed by atoms with Crippen LogP contribution in [0.15, 0.2) is 237 Å². The van der Waals surface area contributed by atoms with E-state index in [0.717, 1.165) is 97.2 Å². The summed E-state index contributed by atoms with van der Waals surface area (Å²) >= 11 is 0. The van der Waals surface area contributed by atoms with Crippen LogP contribution in [0, 0.1) is 0 Å². The van der Waals surface area contributed by atoms with E-state index < -0.39 is 5.60 Å². The molecular formula is C70H58N2O. The number of para-hydroxylation sites is 3. The molecule has 0 radical (unpaired) electrons. The van der Waals surface area contributed by atoms with Gasteiger partial charge in [-0.1, -0.05) is 192 Å². The maximum atomic E-state index is 7.88. The lowest BCUT2D eigenvalue weighted by Crippen LogP contribution is -2.34. The van der Waals surface area contributed by atoms with Crippen LogP contribution in [-0.2, 0) is 16.4 Å². The van der Waals surface area contributed by atoms with Gasteiger partial charge in [-0.2, -0.15) is 0 Å². The molecule has 354 valence electrons. The molecule has 1 unspecified atom stereocenters. The van der Waals surface area contributed by atoms with Gasteiger partial charge in [0.15, 0.2) is 5.60 Å². The summed E-state index contributed by atoms with van der Waals surface area (Å²) in [6.45, 7) is 16.5. The first-order valence-electron chi connectivity index (χ1n) is 25.8. The van der Waals surface area contributed by atoms with E-state index in [-0.39, 0.29) is 10.8 Å². The Morgan fingerprint density at radius 2 is 0.945 bits per heavy atom. The second-order valence-corrected chi connectivity index (χ2v) is 21.6. The summed E-state index contributed by atoms with van der Waals surface area (Å²) in [5, 5.41) is 0. The van der Waals surface area contributed by atoms with Gasteiger partial charge in [0.1, 0.15) is 5.75 Å². The van der Waals surface area contributed by atoms with E-state index in [1.807, 2.05) is 0 Å². The van der Waals surface area contributed by atoms with Gasteiger partial charge in [-0.15, -0.1) is 0 Å². The summed E-state index contributed by atoms with van der Waals surface area (Å²) in [6.07, 6.45) is 6.87. The minimum absolute atomic E-state index is 0.00342. The van der Waals surface area contributed by atoms with Gasteiger partial charge >= 0.3 is 0 Å². The van der Waals surface area contributed by atoms with Crippen LogP contribution >= 0.6 is 0 Å². The van der Waals surface area contributed by atoms with Crippen molar-refractivity contribution < 1.29 is 4.74 Å². The molecule has 1 atom stereocenters. The van der Waals surface area contributed by atoms with Crippen LogP contribution in [0.5, 0.6) is 5.75 Å². The minimum Gasteiger partial charge on any atom is -0.472 e. The van der Waals surface area contributed by atoms with Gasteiger partial charge < -0.3 is 14.5 Å². The Morgan fingerprint density at radius 3 is 1.62 bits per heavy atom. The molecule has 0 saturated carbocycles. The molecular weight excluding hydrogens is 885 g/mol. The van der Waals surface area contributed by atoms with Crippen molar-refractivity contribution in [3.05, 3.63) is 281 Å². The number of benzene rings is 9. The monoisotopic (exact) mass is 942 g/mol. The summed E-state index contributed by atoms with van der Waals surface area (Å²) in [4.78, 5) is 4.81. The maximum absolute atomic E-state index is 7.88. The lowest BCUT2D eigenvalue weighted by Gasteiger charge is -2.36. The molecule has 3 heteroatoms. The van der Waals surface area contributed by atoms with E-state index in [4.69, 9.17) is 11.3 Å². The van der Waals surface area contributed by atoms with Crippen molar-refractivity contribution in [3.8, 4) is 28.0 Å². The molecule has 1 aliphatic heterocycles. The summed E-state index contributed by atoms with van der Waals surface area (Å²) in [7, 11) is 0. The van der Waals surface area contributed by atoms with Crippen LogP contribution in [0.1, 0.15) is 92.0 Å². The predicted molar refractivity (Wildman–Crippen MR) is 305 cm³/mol. The van der Waals surface area contributed by atoms with E-state index in [0.29, 0.717) is 0 Å². The molecule has 0 N–H and O–H groups in total. The van der Waals surface area contributed by atoms with E-state index in [1.54, 1.807) is 5.57 Å². The quantitative estimate of drug-likeness (QED) is 0.158. The lowest BCUT2D eigenvalue weighted by molar-refractivity contribution is 0.161. The smallest absolute Gasteiger partial charge is 0.186 e. The molecule has 0 fully saturated rings. The first-order chi connectivity index (χ1) is 35.5. The topological polar surface area (TPSA) is 15.7 Å². The molecule has 0 bridgehead atoms. The SMILES string of the molecule is C=C1c2ccccc2OC2(c3cc(N(c4ccccc4)c4ccc5c(c4)C(C)(C)C4=C5C=CCC4)ccc31)c1ccccc1-c1ccc(N(c3ccccc3)c3ccc(-c4ccccc4C(C)(C)C)cc3)cc12. The summed E-state index contributed by atoms with van der Waals surface area (Å²) < 4.78 is 7.88. The van der Waals surface area contributed by atoms with Gasteiger partial charge in [-0.25, -0.2) is 0 Å². The Morgan fingerprint density at radius 1 is 0.452 bits per heavy atom. The number of rotatable bonds is 7. The van der Waals surface area contributed by atoms with Crippen LogP contribution in [-0.4, -0.2) is 0 Å². The van der Waals surface area contributed by atoms with Crippen LogP contribution in [0.25, 0.3) is 33.4 Å². The second kappa shape index (κ2) is 16.9. The van der Waals surface area contributed by atoms with Crippen molar-refractivity contribution in [1.29, 1.82) is 0 Å². The highest BCUT2D eigenvalue weighted by Crippen LogP contribution is 2.59. The third-order valence-corrected chi connectivity index (χ3v) is 16.0. The Bertz CT molecular complexity index is 3740. The van der Waals surface area contributed by atoms with Crippen molar-refractivity contribution >= 4 is 45.3 Å². The average molecular weight is 943 g/mol. The predicted octanol–water partition coefficient (Wildman–Crippen LogP) is 18.7. The van der Waals surface area contributed by atoms with E-state index in [2.05, 4.69) is 269 Å². The van der Waals surface area contributed by atoms with Crippen LogP contribution < -0.4 is 14.5 Å². The molecule has 4 aliphatic rings. The third-order valence-electron chi connectivity index (χ3n) is 16.0. The number of hydrogen-bond donors (Lipinski definition) is 0. The van der Waals surface area contributed by atoms with E-state index in [9.17, 15) is 0 Å². The largest absolute Gasteiger partial charge is 0.472 e. The minimum atomic E-state index is -1.07. The first kappa shape index (κ1) is 44.5. The first-order valence-corrected chi connectivity index (χ1v) is 25.8. The molecule has 9 aromatic carbocycles. The van der Waals surface area contributed by atoms with Gasteiger partial charge in [-0.3, -0.25) is 0 Å². The van der Waals surface area contributed by atoms with Gasteiger partial charge in [-0.05, 0) is 153 Å². The van der Waals surface area contributed by atoms with Crippen LogP contribution in [0.3, 0.4) is 0 Å². The van der Waals surface area contributed by atoms with Crippen molar-refractivity contribution in [2.24, 2.45) is 0 Å².